The first-order valence-corrected chi connectivity index (χ1v) is 11.8. The van der Waals surface area contributed by atoms with Crippen molar-refractivity contribution in [2.75, 3.05) is 18.6 Å². The van der Waals surface area contributed by atoms with Crippen LogP contribution in [0.2, 0.25) is 0 Å². The quantitative estimate of drug-likeness (QED) is 0.247. The van der Waals surface area contributed by atoms with Gasteiger partial charge in [0.2, 0.25) is 0 Å². The van der Waals surface area contributed by atoms with Gasteiger partial charge in [0.05, 0.1) is 18.6 Å². The molecule has 0 aliphatic heterocycles. The van der Waals surface area contributed by atoms with Crippen LogP contribution in [0.15, 0.2) is 42.5 Å². The fraction of sp³-hybridized carbons (Fsp3) is 0.478. The summed E-state index contributed by atoms with van der Waals surface area (Å²) in [6.45, 7) is 0. The molecule has 6 heteroatoms. The topological polar surface area (TPSA) is 60.4 Å². The number of hydrogen-bond acceptors (Lipinski definition) is 4. The van der Waals surface area contributed by atoms with Gasteiger partial charge in [-0.1, -0.05) is 48.9 Å². The minimum atomic E-state index is -3.20. The van der Waals surface area contributed by atoms with E-state index in [2.05, 4.69) is 36.8 Å². The molecule has 1 saturated carbocycles. The van der Waals surface area contributed by atoms with Crippen LogP contribution < -0.4 is 0 Å². The number of fused-ring (bicyclic) bond motifs is 1. The molecule has 3 rings (SSSR count). The van der Waals surface area contributed by atoms with Crippen LogP contribution in [0.4, 0.5) is 0 Å². The van der Waals surface area contributed by atoms with Crippen LogP contribution in [0.5, 0.6) is 0 Å². The van der Waals surface area contributed by atoms with E-state index in [1.54, 1.807) is 0 Å². The molecule has 0 heterocycles. The van der Waals surface area contributed by atoms with Crippen molar-refractivity contribution in [1.82, 2.24) is 0 Å². The van der Waals surface area contributed by atoms with Crippen LogP contribution in [-0.2, 0) is 46.9 Å². The molecule has 0 radical (unpaired) electrons. The largest absolute Gasteiger partial charge is 0.469 e. The molecule has 2 aromatic carbocycles. The molecule has 0 amide bonds. The van der Waals surface area contributed by atoms with E-state index in [-0.39, 0.29) is 45.0 Å². The van der Waals surface area contributed by atoms with E-state index >= 15 is 0 Å². The van der Waals surface area contributed by atoms with E-state index < -0.39 is 15.3 Å². The number of hydrogen-bond donors (Lipinski definition) is 0. The van der Waals surface area contributed by atoms with E-state index in [9.17, 15) is 13.2 Å². The smallest absolute Gasteiger partial charge is 0.306 e. The van der Waals surface area contributed by atoms with Gasteiger partial charge in [-0.05, 0) is 41.0 Å². The number of methoxy groups -OCH3 is 1. The molecule has 0 saturated heterocycles. The van der Waals surface area contributed by atoms with Gasteiger partial charge in [0, 0.05) is 27.5 Å². The zero-order chi connectivity index (χ0) is 20.0. The maximum atomic E-state index is 12.7. The van der Waals surface area contributed by atoms with Gasteiger partial charge in [-0.15, -0.1) is 0 Å². The van der Waals surface area contributed by atoms with Gasteiger partial charge in [-0.2, -0.15) is 12.8 Å². The average molecular weight is 585 g/mol. The molecule has 1 unspecified atom stereocenters. The number of carbonyl (C=O) groups excluding carboxylic acids is 1. The molecule has 0 spiro atoms. The molecule has 1 aliphatic rings. The summed E-state index contributed by atoms with van der Waals surface area (Å²) in [6, 6.07) is 14.6. The first-order valence-electron chi connectivity index (χ1n) is 9.99. The summed E-state index contributed by atoms with van der Waals surface area (Å²) in [5.74, 6) is -0.0537. The molecule has 158 valence electrons. The SMILES string of the molecule is COC(=O)CC1(CS(=O)(=O)CCCCc2cccc3ccccc23)C[CH-]CC1.[W]. The first-order chi connectivity index (χ1) is 13.4. The second-order valence-corrected chi connectivity index (χ2v) is 10.2. The van der Waals surface area contributed by atoms with E-state index in [0.29, 0.717) is 12.8 Å². The summed E-state index contributed by atoms with van der Waals surface area (Å²) in [4.78, 5) is 11.8. The van der Waals surface area contributed by atoms with Gasteiger partial charge in [0.15, 0.2) is 9.84 Å². The number of rotatable bonds is 9. The van der Waals surface area contributed by atoms with Crippen LogP contribution in [-0.4, -0.2) is 33.0 Å². The zero-order valence-electron chi connectivity index (χ0n) is 16.9. The molecular formula is C23H29O4SW-. The Labute approximate surface area is 188 Å². The average Bonchev–Trinajstić information content (AvgIpc) is 3.12. The monoisotopic (exact) mass is 585 g/mol. The Balaban J connectivity index is 0.00000300. The van der Waals surface area contributed by atoms with Crippen LogP contribution in [0.3, 0.4) is 0 Å². The van der Waals surface area contributed by atoms with Crippen LogP contribution in [0.25, 0.3) is 10.8 Å². The van der Waals surface area contributed by atoms with Gasteiger partial charge in [-0.25, -0.2) is 8.42 Å². The van der Waals surface area contributed by atoms with Gasteiger partial charge >= 0.3 is 5.97 Å². The molecule has 0 N–H and O–H groups in total. The van der Waals surface area contributed by atoms with Crippen molar-refractivity contribution in [2.45, 2.75) is 44.9 Å². The van der Waals surface area contributed by atoms with E-state index in [0.717, 1.165) is 25.7 Å². The Kier molecular flexibility index (Phi) is 8.90. The number of sulfone groups is 1. The Bertz CT molecular complexity index is 912. The summed E-state index contributed by atoms with van der Waals surface area (Å²) in [7, 11) is -1.84. The van der Waals surface area contributed by atoms with Gasteiger partial charge in [0.1, 0.15) is 0 Å². The number of carbonyl (C=O) groups is 1. The van der Waals surface area contributed by atoms with Crippen molar-refractivity contribution < 1.29 is 39.0 Å². The summed E-state index contributed by atoms with van der Waals surface area (Å²) < 4.78 is 30.2. The van der Waals surface area contributed by atoms with Gasteiger partial charge < -0.3 is 11.2 Å². The van der Waals surface area contributed by atoms with Gasteiger partial charge in [0.25, 0.3) is 0 Å². The standard InChI is InChI=1S/C23H29O4S.W/c1-27-22(24)17-23(14-5-6-15-23)18-28(25,26)16-7-4-10-20-12-8-11-19-9-2-3-13-21(19)20;/h2-3,5,8-9,11-13H,4,6-7,10,14-18H2,1H3;/q-1;. The first kappa shape index (κ1) is 24.1. The third-order valence-corrected chi connectivity index (χ3v) is 7.72. The molecule has 1 fully saturated rings. The Morgan fingerprint density at radius 2 is 1.90 bits per heavy atom. The molecule has 0 bridgehead atoms. The fourth-order valence-corrected chi connectivity index (χ4v) is 6.41. The van der Waals surface area contributed by atoms with Crippen molar-refractivity contribution in [3.63, 3.8) is 0 Å². The second kappa shape index (κ2) is 10.7. The van der Waals surface area contributed by atoms with Crippen molar-refractivity contribution in [1.29, 1.82) is 0 Å². The third-order valence-electron chi connectivity index (χ3n) is 5.76. The number of benzene rings is 2. The predicted molar refractivity (Wildman–Crippen MR) is 113 cm³/mol. The van der Waals surface area contributed by atoms with Crippen LogP contribution >= 0.6 is 0 Å². The second-order valence-electron chi connectivity index (χ2n) is 7.97. The minimum absolute atomic E-state index is 0. The maximum Gasteiger partial charge on any atom is 0.306 e. The Morgan fingerprint density at radius 1 is 1.14 bits per heavy atom. The number of esters is 1. The summed E-state index contributed by atoms with van der Waals surface area (Å²) in [5.41, 5.74) is 0.796. The molecule has 4 nitrogen and oxygen atoms in total. The van der Waals surface area contributed by atoms with Crippen molar-refractivity contribution in [2.24, 2.45) is 5.41 Å². The molecule has 29 heavy (non-hydrogen) atoms. The summed E-state index contributed by atoms with van der Waals surface area (Å²) >= 11 is 0. The molecule has 1 atom stereocenters. The van der Waals surface area contributed by atoms with Crippen LogP contribution in [0, 0.1) is 11.8 Å². The van der Waals surface area contributed by atoms with Crippen LogP contribution in [0.1, 0.15) is 44.1 Å². The van der Waals surface area contributed by atoms with E-state index in [1.165, 1.54) is 23.4 Å². The number of unbranched alkanes of at least 4 members (excludes halogenated alkanes) is 1. The summed E-state index contributed by atoms with van der Waals surface area (Å²) in [5, 5.41) is 2.46. The number of aryl methyl sites for hydroxylation is 1. The predicted octanol–water partition coefficient (Wildman–Crippen LogP) is 4.51. The minimum Gasteiger partial charge on any atom is -0.469 e. The molecule has 2 aromatic rings. The molecular weight excluding hydrogens is 556 g/mol. The summed E-state index contributed by atoms with van der Waals surface area (Å²) in [6.07, 6.45) is 6.93. The molecule has 0 aromatic heterocycles. The molecule has 1 aliphatic carbocycles. The van der Waals surface area contributed by atoms with Crippen molar-refractivity contribution in [3.05, 3.63) is 54.4 Å². The Morgan fingerprint density at radius 3 is 2.62 bits per heavy atom. The Hall–Kier alpha value is -1.19. The van der Waals surface area contributed by atoms with Crippen molar-refractivity contribution in [3.8, 4) is 0 Å². The van der Waals surface area contributed by atoms with E-state index in [1.807, 2.05) is 12.1 Å². The number of ether oxygens (including phenoxy) is 1. The zero-order valence-corrected chi connectivity index (χ0v) is 20.7. The third kappa shape index (κ3) is 6.65. The maximum absolute atomic E-state index is 12.7. The van der Waals surface area contributed by atoms with Gasteiger partial charge in [-0.3, -0.25) is 4.79 Å². The fourth-order valence-electron chi connectivity index (χ4n) is 4.33. The normalized spacial score (nSPS) is 19.1. The van der Waals surface area contributed by atoms with E-state index in [4.69, 9.17) is 4.74 Å². The van der Waals surface area contributed by atoms with Crippen molar-refractivity contribution >= 4 is 26.6 Å².